The second-order valence-corrected chi connectivity index (χ2v) is 9.76. The smallest absolute Gasteiger partial charge is 0.407 e. The number of amides is 1. The minimum atomic E-state index is -0.910. The van der Waals surface area contributed by atoms with Crippen LogP contribution in [0.2, 0.25) is 0 Å². The van der Waals surface area contributed by atoms with Gasteiger partial charge in [-0.2, -0.15) is 5.10 Å². The predicted molar refractivity (Wildman–Crippen MR) is 139 cm³/mol. The van der Waals surface area contributed by atoms with Crippen molar-refractivity contribution in [1.82, 2.24) is 29.5 Å². The topological polar surface area (TPSA) is 138 Å². The molecule has 1 amide bonds. The molecule has 0 bridgehead atoms. The molecule has 2 aromatic carbocycles. The highest BCUT2D eigenvalue weighted by Crippen LogP contribution is 2.37. The summed E-state index contributed by atoms with van der Waals surface area (Å²) in [6.45, 7) is 9.41. The fourth-order valence-electron chi connectivity index (χ4n) is 4.52. The number of likely N-dealkylation sites (N-methyl/N-ethyl adjacent to an activating group) is 1. The van der Waals surface area contributed by atoms with Gasteiger partial charge < -0.3 is 20.2 Å². The molecule has 3 aromatic rings. The molecule has 1 saturated heterocycles. The zero-order valence-electron chi connectivity index (χ0n) is 21.4. The number of H-pyrrole nitrogens is 1. The number of hydrogen-bond acceptors (Lipinski definition) is 7. The van der Waals surface area contributed by atoms with E-state index in [4.69, 9.17) is 5.11 Å². The van der Waals surface area contributed by atoms with Gasteiger partial charge in [0, 0.05) is 58.9 Å². The summed E-state index contributed by atoms with van der Waals surface area (Å²) in [7, 11) is 1.58. The second-order valence-electron chi connectivity index (χ2n) is 9.76. The van der Waals surface area contributed by atoms with Crippen molar-refractivity contribution < 1.29 is 20.1 Å². The molecule has 1 aliphatic heterocycles. The number of carboxylic acid groups (broad SMARTS) is 1. The molecule has 0 atom stereocenters. The van der Waals surface area contributed by atoms with Gasteiger partial charge in [-0.05, 0) is 35.2 Å². The first-order valence-electron chi connectivity index (χ1n) is 12.4. The highest BCUT2D eigenvalue weighted by atomic mass is 16.4. The monoisotopic (exact) mass is 510 g/mol. The zero-order chi connectivity index (χ0) is 26.7. The highest BCUT2D eigenvalue weighted by molar-refractivity contribution is 5.69. The lowest BCUT2D eigenvalue weighted by Gasteiger charge is -2.35. The quantitative estimate of drug-likeness (QED) is 0.363. The van der Waals surface area contributed by atoms with E-state index >= 15 is 0 Å². The number of aromatic hydroxyl groups is 2. The van der Waals surface area contributed by atoms with E-state index in [1.54, 1.807) is 13.1 Å². The van der Waals surface area contributed by atoms with Crippen LogP contribution in [-0.4, -0.2) is 97.2 Å². The molecule has 4 rings (SSSR count). The fraction of sp³-hybridized carbons (Fsp3) is 0.423. The number of benzene rings is 2. The minimum absolute atomic E-state index is 0.00142. The third-order valence-corrected chi connectivity index (χ3v) is 6.82. The first-order chi connectivity index (χ1) is 17.6. The van der Waals surface area contributed by atoms with Crippen molar-refractivity contribution in [2.24, 2.45) is 0 Å². The molecule has 37 heavy (non-hydrogen) atoms. The number of phenolic OH excluding ortho intramolecular Hbond substituents is 2. The number of aromatic nitrogens is 3. The van der Waals surface area contributed by atoms with Crippen molar-refractivity contribution in [2.45, 2.75) is 26.3 Å². The number of nitrogens with zero attached hydrogens (tertiary/aromatic N) is 5. The summed E-state index contributed by atoms with van der Waals surface area (Å²) < 4.78 is 1.41. The van der Waals surface area contributed by atoms with Crippen LogP contribution in [0.5, 0.6) is 11.5 Å². The largest absolute Gasteiger partial charge is 0.508 e. The number of carbonyl (C=O) groups is 1. The summed E-state index contributed by atoms with van der Waals surface area (Å²) in [6, 6.07) is 10.6. The Morgan fingerprint density at radius 1 is 1.05 bits per heavy atom. The number of piperazine rings is 1. The van der Waals surface area contributed by atoms with Gasteiger partial charge in [0.2, 0.25) is 0 Å². The van der Waals surface area contributed by atoms with E-state index in [1.807, 2.05) is 38.1 Å². The normalized spacial score (nSPS) is 14.8. The molecule has 0 spiro atoms. The maximum Gasteiger partial charge on any atom is 0.407 e. The van der Waals surface area contributed by atoms with E-state index in [1.165, 1.54) is 15.5 Å². The number of nitrogens with one attached hydrogen (secondary N) is 1. The second kappa shape index (κ2) is 11.1. The Kier molecular flexibility index (Phi) is 7.84. The summed E-state index contributed by atoms with van der Waals surface area (Å²) in [5.41, 5.74) is 2.31. The van der Waals surface area contributed by atoms with Crippen molar-refractivity contribution in [3.8, 4) is 28.6 Å². The van der Waals surface area contributed by atoms with E-state index in [0.717, 1.165) is 44.8 Å². The standard InChI is InChI=1S/C26H34N6O5/c1-17(2)20-14-21(23(34)15-22(20)33)24-27-28-25(35)32(24)19-6-4-18(5-7-19)16-31-12-10-30(11-13-31)9-8-29(3)26(36)37/h4-7,14-15,17,33-34H,8-13,16H2,1-3H3,(H,28,35)(H,36,37). The van der Waals surface area contributed by atoms with E-state index in [-0.39, 0.29) is 23.2 Å². The Bertz CT molecular complexity index is 1290. The van der Waals surface area contributed by atoms with E-state index < -0.39 is 11.8 Å². The Hall–Kier alpha value is -3.83. The summed E-state index contributed by atoms with van der Waals surface area (Å²) in [5, 5.41) is 36.3. The van der Waals surface area contributed by atoms with Gasteiger partial charge in [0.25, 0.3) is 0 Å². The SMILES string of the molecule is CC(C)c1cc(-c2n[nH]c(=O)n2-c2ccc(CN3CCN(CCN(C)C(=O)O)CC3)cc2)c(O)cc1O. The maximum atomic E-state index is 12.6. The lowest BCUT2D eigenvalue weighted by molar-refractivity contribution is 0.112. The van der Waals surface area contributed by atoms with Crippen LogP contribution in [0.25, 0.3) is 17.1 Å². The molecule has 1 fully saturated rings. The maximum absolute atomic E-state index is 12.6. The molecule has 1 aliphatic rings. The van der Waals surface area contributed by atoms with Gasteiger partial charge in [-0.3, -0.25) is 9.80 Å². The van der Waals surface area contributed by atoms with Crippen LogP contribution in [0.3, 0.4) is 0 Å². The number of hydrogen-bond donors (Lipinski definition) is 4. The van der Waals surface area contributed by atoms with Gasteiger partial charge in [0.15, 0.2) is 5.82 Å². The molecule has 1 aromatic heterocycles. The Labute approximate surface area is 215 Å². The number of rotatable bonds is 8. The van der Waals surface area contributed by atoms with Crippen LogP contribution in [0.15, 0.2) is 41.2 Å². The molecule has 0 unspecified atom stereocenters. The molecular weight excluding hydrogens is 476 g/mol. The summed E-state index contributed by atoms with van der Waals surface area (Å²) in [6.07, 6.45) is -0.910. The molecule has 198 valence electrons. The predicted octanol–water partition coefficient (Wildman–Crippen LogP) is 2.49. The summed E-state index contributed by atoms with van der Waals surface area (Å²) in [5.74, 6) is 0.124. The van der Waals surface area contributed by atoms with Gasteiger partial charge in [0.1, 0.15) is 11.5 Å². The van der Waals surface area contributed by atoms with Crippen molar-refractivity contribution in [3.05, 3.63) is 58.0 Å². The first-order valence-corrected chi connectivity index (χ1v) is 12.4. The molecule has 0 aliphatic carbocycles. The summed E-state index contributed by atoms with van der Waals surface area (Å²) >= 11 is 0. The Morgan fingerprint density at radius 3 is 2.32 bits per heavy atom. The van der Waals surface area contributed by atoms with Crippen LogP contribution < -0.4 is 5.69 Å². The van der Waals surface area contributed by atoms with Gasteiger partial charge in [-0.15, -0.1) is 0 Å². The number of aromatic amines is 1. The van der Waals surface area contributed by atoms with Gasteiger partial charge in [0.05, 0.1) is 11.3 Å². The van der Waals surface area contributed by atoms with E-state index in [2.05, 4.69) is 20.0 Å². The molecular formula is C26H34N6O5. The van der Waals surface area contributed by atoms with Gasteiger partial charge >= 0.3 is 11.8 Å². The third kappa shape index (κ3) is 5.95. The summed E-state index contributed by atoms with van der Waals surface area (Å²) in [4.78, 5) is 29.5. The molecule has 11 nitrogen and oxygen atoms in total. The lowest BCUT2D eigenvalue weighted by atomic mass is 9.98. The van der Waals surface area contributed by atoms with Crippen LogP contribution in [0, 0.1) is 0 Å². The van der Waals surface area contributed by atoms with Crippen LogP contribution >= 0.6 is 0 Å². The van der Waals surface area contributed by atoms with E-state index in [9.17, 15) is 19.8 Å². The number of phenols is 2. The third-order valence-electron chi connectivity index (χ3n) is 6.82. The first kappa shape index (κ1) is 26.2. The Morgan fingerprint density at radius 2 is 1.70 bits per heavy atom. The van der Waals surface area contributed by atoms with Crippen molar-refractivity contribution in [1.29, 1.82) is 0 Å². The zero-order valence-corrected chi connectivity index (χ0v) is 21.4. The van der Waals surface area contributed by atoms with Crippen molar-refractivity contribution >= 4 is 6.09 Å². The lowest BCUT2D eigenvalue weighted by Crippen LogP contribution is -2.48. The van der Waals surface area contributed by atoms with Crippen LogP contribution in [0.4, 0.5) is 4.79 Å². The van der Waals surface area contributed by atoms with Crippen LogP contribution in [0.1, 0.15) is 30.9 Å². The van der Waals surface area contributed by atoms with Crippen LogP contribution in [-0.2, 0) is 6.54 Å². The van der Waals surface area contributed by atoms with Crippen molar-refractivity contribution in [3.63, 3.8) is 0 Å². The minimum Gasteiger partial charge on any atom is -0.508 e. The van der Waals surface area contributed by atoms with Crippen molar-refractivity contribution in [2.75, 3.05) is 46.3 Å². The fourth-order valence-corrected chi connectivity index (χ4v) is 4.52. The average molecular weight is 511 g/mol. The molecule has 0 radical (unpaired) electrons. The van der Waals surface area contributed by atoms with E-state index in [0.29, 0.717) is 23.4 Å². The molecule has 4 N–H and O–H groups in total. The molecule has 2 heterocycles. The average Bonchev–Trinajstić information content (AvgIpc) is 3.24. The Balaban J connectivity index is 1.44. The van der Waals surface area contributed by atoms with Gasteiger partial charge in [-0.1, -0.05) is 26.0 Å². The molecule has 0 saturated carbocycles. The highest BCUT2D eigenvalue weighted by Gasteiger charge is 2.21. The molecule has 11 heteroatoms. The van der Waals surface area contributed by atoms with Gasteiger partial charge in [-0.25, -0.2) is 19.3 Å².